The zero-order chi connectivity index (χ0) is 18.6. The number of rotatable bonds is 6. The summed E-state index contributed by atoms with van der Waals surface area (Å²) >= 11 is 6.04. The molecule has 0 aliphatic rings. The molecule has 2 aromatic rings. The number of oxazole rings is 1. The van der Waals surface area contributed by atoms with Crippen molar-refractivity contribution in [1.29, 1.82) is 0 Å². The molecule has 134 valence electrons. The highest BCUT2D eigenvalue weighted by molar-refractivity contribution is 6.33. The van der Waals surface area contributed by atoms with E-state index in [4.69, 9.17) is 16.0 Å². The van der Waals surface area contributed by atoms with E-state index in [-0.39, 0.29) is 24.3 Å². The molecule has 25 heavy (non-hydrogen) atoms. The fraction of sp³-hybridized carbons (Fsp3) is 0.389. The van der Waals surface area contributed by atoms with E-state index in [0.29, 0.717) is 16.5 Å². The second-order valence-electron chi connectivity index (χ2n) is 6.14. The molecular weight excluding hydrogens is 342 g/mol. The van der Waals surface area contributed by atoms with Gasteiger partial charge in [0.05, 0.1) is 22.8 Å². The van der Waals surface area contributed by atoms with Gasteiger partial charge >= 0.3 is 0 Å². The van der Waals surface area contributed by atoms with E-state index in [1.54, 1.807) is 24.3 Å². The van der Waals surface area contributed by atoms with Gasteiger partial charge in [0, 0.05) is 0 Å². The molecule has 1 aromatic heterocycles. The zero-order valence-electron chi connectivity index (χ0n) is 14.7. The Bertz CT molecular complexity index is 751. The van der Waals surface area contributed by atoms with Crippen LogP contribution in [0.2, 0.25) is 5.02 Å². The van der Waals surface area contributed by atoms with Gasteiger partial charge < -0.3 is 15.1 Å². The van der Waals surface area contributed by atoms with Crippen LogP contribution in [0, 0.1) is 19.8 Å². The number of hydrogen-bond acceptors (Lipinski definition) is 4. The van der Waals surface area contributed by atoms with E-state index >= 15 is 0 Å². The standard InChI is InChI=1S/C18H22ClN3O3/c1-10(2)16(22-17(23)13-7-5-6-8-14(13)19)18(24)20-9-15-21-11(3)12(4)25-15/h5-8,10,16H,9H2,1-4H3,(H,20,24)(H,22,23). The van der Waals surface area contributed by atoms with Crippen LogP contribution in [-0.2, 0) is 11.3 Å². The summed E-state index contributed by atoms with van der Waals surface area (Å²) in [5.41, 5.74) is 1.12. The van der Waals surface area contributed by atoms with Crippen LogP contribution in [0.25, 0.3) is 0 Å². The highest BCUT2D eigenvalue weighted by Gasteiger charge is 2.25. The average Bonchev–Trinajstić information content (AvgIpc) is 2.88. The Kier molecular flexibility index (Phi) is 6.20. The van der Waals surface area contributed by atoms with Crippen molar-refractivity contribution in [2.45, 2.75) is 40.3 Å². The van der Waals surface area contributed by atoms with E-state index < -0.39 is 6.04 Å². The lowest BCUT2D eigenvalue weighted by atomic mass is 10.0. The first kappa shape index (κ1) is 19.0. The summed E-state index contributed by atoms with van der Waals surface area (Å²) in [6, 6.07) is 6.02. The highest BCUT2D eigenvalue weighted by Crippen LogP contribution is 2.15. The van der Waals surface area contributed by atoms with Gasteiger partial charge in [-0.25, -0.2) is 4.98 Å². The number of hydrogen-bond donors (Lipinski definition) is 2. The number of nitrogens with one attached hydrogen (secondary N) is 2. The maximum absolute atomic E-state index is 12.5. The Labute approximate surface area is 152 Å². The monoisotopic (exact) mass is 363 g/mol. The van der Waals surface area contributed by atoms with Crippen LogP contribution < -0.4 is 10.6 Å². The first-order valence-corrected chi connectivity index (χ1v) is 8.43. The topological polar surface area (TPSA) is 84.2 Å². The number of aromatic nitrogens is 1. The fourth-order valence-corrected chi connectivity index (χ4v) is 2.51. The summed E-state index contributed by atoms with van der Waals surface area (Å²) in [7, 11) is 0. The Morgan fingerprint density at radius 3 is 2.48 bits per heavy atom. The zero-order valence-corrected chi connectivity index (χ0v) is 15.5. The number of carbonyl (C=O) groups excluding carboxylic acids is 2. The van der Waals surface area contributed by atoms with Gasteiger partial charge in [-0.3, -0.25) is 9.59 Å². The van der Waals surface area contributed by atoms with Crippen LogP contribution in [0.1, 0.15) is 41.6 Å². The average molecular weight is 364 g/mol. The third kappa shape index (κ3) is 4.82. The van der Waals surface area contributed by atoms with Crippen molar-refractivity contribution in [1.82, 2.24) is 15.6 Å². The molecule has 1 atom stereocenters. The summed E-state index contributed by atoms with van der Waals surface area (Å²) in [4.78, 5) is 29.1. The van der Waals surface area contributed by atoms with Crippen LogP contribution in [0.15, 0.2) is 28.7 Å². The van der Waals surface area contributed by atoms with Gasteiger partial charge in [-0.05, 0) is 31.9 Å². The molecule has 2 rings (SSSR count). The number of carbonyl (C=O) groups is 2. The summed E-state index contributed by atoms with van der Waals surface area (Å²) in [5, 5.41) is 5.83. The maximum Gasteiger partial charge on any atom is 0.253 e. The van der Waals surface area contributed by atoms with Gasteiger partial charge in [-0.2, -0.15) is 0 Å². The minimum atomic E-state index is -0.694. The Balaban J connectivity index is 2.03. The molecule has 0 saturated carbocycles. The molecular formula is C18H22ClN3O3. The number of halogens is 1. The quantitative estimate of drug-likeness (QED) is 0.826. The molecule has 1 unspecified atom stereocenters. The summed E-state index contributed by atoms with van der Waals surface area (Å²) in [6.45, 7) is 7.53. The molecule has 6 nitrogen and oxygen atoms in total. The lowest BCUT2D eigenvalue weighted by molar-refractivity contribution is -0.124. The van der Waals surface area contributed by atoms with E-state index in [1.165, 1.54) is 0 Å². The lowest BCUT2D eigenvalue weighted by Crippen LogP contribution is -2.49. The van der Waals surface area contributed by atoms with E-state index in [0.717, 1.165) is 11.5 Å². The number of nitrogens with zero attached hydrogens (tertiary/aromatic N) is 1. The maximum atomic E-state index is 12.5. The summed E-state index contributed by atoms with van der Waals surface area (Å²) < 4.78 is 5.44. The smallest absolute Gasteiger partial charge is 0.253 e. The van der Waals surface area contributed by atoms with Gasteiger partial charge in [0.15, 0.2) is 0 Å². The largest absolute Gasteiger partial charge is 0.444 e. The molecule has 0 aliphatic carbocycles. The Hall–Kier alpha value is -2.34. The van der Waals surface area contributed by atoms with E-state index in [1.807, 2.05) is 27.7 Å². The van der Waals surface area contributed by atoms with Gasteiger partial charge in [0.25, 0.3) is 5.91 Å². The normalized spacial score (nSPS) is 12.1. The molecule has 2 amide bonds. The van der Waals surface area contributed by atoms with Crippen molar-refractivity contribution in [2.24, 2.45) is 5.92 Å². The molecule has 1 aromatic carbocycles. The van der Waals surface area contributed by atoms with Crippen LogP contribution in [-0.4, -0.2) is 22.8 Å². The van der Waals surface area contributed by atoms with Gasteiger partial charge in [0.2, 0.25) is 11.8 Å². The summed E-state index contributed by atoms with van der Waals surface area (Å²) in [5.74, 6) is 0.366. The predicted molar refractivity (Wildman–Crippen MR) is 95.4 cm³/mol. The van der Waals surface area contributed by atoms with Crippen molar-refractivity contribution in [3.63, 3.8) is 0 Å². The molecule has 0 spiro atoms. The van der Waals surface area contributed by atoms with Gasteiger partial charge in [-0.15, -0.1) is 0 Å². The first-order chi connectivity index (χ1) is 11.8. The second-order valence-corrected chi connectivity index (χ2v) is 6.55. The molecule has 0 saturated heterocycles. The third-order valence-corrected chi connectivity index (χ3v) is 4.17. The molecule has 1 heterocycles. The van der Waals surface area contributed by atoms with Crippen LogP contribution in [0.4, 0.5) is 0 Å². The minimum absolute atomic E-state index is 0.0977. The fourth-order valence-electron chi connectivity index (χ4n) is 2.29. The second kappa shape index (κ2) is 8.16. The van der Waals surface area contributed by atoms with E-state index in [2.05, 4.69) is 15.6 Å². The lowest BCUT2D eigenvalue weighted by Gasteiger charge is -2.21. The van der Waals surface area contributed by atoms with Crippen molar-refractivity contribution in [3.05, 3.63) is 52.2 Å². The Morgan fingerprint density at radius 1 is 1.24 bits per heavy atom. The number of amides is 2. The molecule has 7 heteroatoms. The Morgan fingerprint density at radius 2 is 1.92 bits per heavy atom. The highest BCUT2D eigenvalue weighted by atomic mass is 35.5. The molecule has 0 aliphatic heterocycles. The number of benzene rings is 1. The molecule has 0 fully saturated rings. The van der Waals surface area contributed by atoms with Crippen molar-refractivity contribution < 1.29 is 14.0 Å². The van der Waals surface area contributed by atoms with Gasteiger partial charge in [0.1, 0.15) is 11.8 Å². The van der Waals surface area contributed by atoms with Crippen molar-refractivity contribution >= 4 is 23.4 Å². The van der Waals surface area contributed by atoms with Crippen molar-refractivity contribution in [2.75, 3.05) is 0 Å². The van der Waals surface area contributed by atoms with Crippen LogP contribution in [0.3, 0.4) is 0 Å². The minimum Gasteiger partial charge on any atom is -0.444 e. The predicted octanol–water partition coefficient (Wildman–Crippen LogP) is 3.02. The van der Waals surface area contributed by atoms with Crippen LogP contribution in [0.5, 0.6) is 0 Å². The molecule has 0 bridgehead atoms. The summed E-state index contributed by atoms with van der Waals surface area (Å²) in [6.07, 6.45) is 0. The van der Waals surface area contributed by atoms with Crippen molar-refractivity contribution in [3.8, 4) is 0 Å². The molecule has 2 N–H and O–H groups in total. The van der Waals surface area contributed by atoms with E-state index in [9.17, 15) is 9.59 Å². The SMILES string of the molecule is Cc1nc(CNC(=O)C(NC(=O)c2ccccc2Cl)C(C)C)oc1C. The van der Waals surface area contributed by atoms with Crippen LogP contribution >= 0.6 is 11.6 Å². The number of aryl methyl sites for hydroxylation is 2. The molecule has 0 radical (unpaired) electrons. The van der Waals surface area contributed by atoms with Gasteiger partial charge in [-0.1, -0.05) is 37.6 Å². The third-order valence-electron chi connectivity index (χ3n) is 3.84. The first-order valence-electron chi connectivity index (χ1n) is 8.05.